The summed E-state index contributed by atoms with van der Waals surface area (Å²) < 4.78 is 0. The number of carboxylic acid groups (broad SMARTS) is 1. The second kappa shape index (κ2) is 3.07. The summed E-state index contributed by atoms with van der Waals surface area (Å²) in [7, 11) is 0. The van der Waals surface area contributed by atoms with Gasteiger partial charge in [-0.05, 0) is 0 Å². The van der Waals surface area contributed by atoms with Crippen molar-refractivity contribution < 1.29 is 15.0 Å². The quantitative estimate of drug-likeness (QED) is 0.609. The maximum Gasteiger partial charge on any atom is 0.356 e. The van der Waals surface area contributed by atoms with Gasteiger partial charge in [-0.25, -0.2) is 9.78 Å². The van der Waals surface area contributed by atoms with Gasteiger partial charge in [0.25, 0.3) is 0 Å². The lowest BCUT2D eigenvalue weighted by Gasteiger charge is -1.93. The van der Waals surface area contributed by atoms with Gasteiger partial charge in [-0.1, -0.05) is 0 Å². The maximum atomic E-state index is 10.2. The zero-order valence-corrected chi connectivity index (χ0v) is 5.56. The first kappa shape index (κ1) is 7.62. The average Bonchev–Trinajstić information content (AvgIpc) is 2.05. The standard InChI is InChI=1S/C6H6N2O3/c9-3-4-1-8-5(2-7-4)6(10)11/h1-2,9H,3H2,(H,10,11). The molecule has 0 unspecified atom stereocenters. The first-order valence-electron chi connectivity index (χ1n) is 2.89. The van der Waals surface area contributed by atoms with Crippen LogP contribution in [0.25, 0.3) is 0 Å². The van der Waals surface area contributed by atoms with Crippen LogP contribution in [0.2, 0.25) is 0 Å². The number of hydrogen-bond donors (Lipinski definition) is 2. The molecule has 1 heterocycles. The van der Waals surface area contributed by atoms with Gasteiger partial charge in [0.1, 0.15) is 0 Å². The molecule has 5 heteroatoms. The van der Waals surface area contributed by atoms with Gasteiger partial charge in [0.2, 0.25) is 0 Å². The fraction of sp³-hybridized carbons (Fsp3) is 0.167. The fourth-order valence-corrected chi connectivity index (χ4v) is 0.547. The molecule has 1 aromatic rings. The molecule has 1 rings (SSSR count). The predicted octanol–water partition coefficient (Wildman–Crippen LogP) is -0.333. The van der Waals surface area contributed by atoms with Gasteiger partial charge in [-0.15, -0.1) is 0 Å². The highest BCUT2D eigenvalue weighted by Crippen LogP contribution is 1.94. The smallest absolute Gasteiger partial charge is 0.356 e. The summed E-state index contributed by atoms with van der Waals surface area (Å²) in [6.45, 7) is -0.229. The number of aliphatic hydroxyl groups excluding tert-OH is 1. The van der Waals surface area contributed by atoms with Crippen molar-refractivity contribution in [2.45, 2.75) is 6.61 Å². The summed E-state index contributed by atoms with van der Waals surface area (Å²) in [6, 6.07) is 0. The SMILES string of the molecule is O=C(O)c1cnc(CO)cn1. The Morgan fingerprint density at radius 2 is 2.18 bits per heavy atom. The van der Waals surface area contributed by atoms with E-state index in [1.807, 2.05) is 0 Å². The van der Waals surface area contributed by atoms with Gasteiger partial charge in [0, 0.05) is 0 Å². The van der Waals surface area contributed by atoms with Crippen molar-refractivity contribution >= 4 is 5.97 Å². The molecule has 0 spiro atoms. The zero-order valence-electron chi connectivity index (χ0n) is 5.56. The second-order valence-corrected chi connectivity index (χ2v) is 1.86. The van der Waals surface area contributed by atoms with E-state index in [0.717, 1.165) is 6.20 Å². The van der Waals surface area contributed by atoms with Crippen molar-refractivity contribution in [1.82, 2.24) is 9.97 Å². The van der Waals surface area contributed by atoms with Crippen LogP contribution in [0.3, 0.4) is 0 Å². The first-order chi connectivity index (χ1) is 5.24. The molecule has 0 amide bonds. The van der Waals surface area contributed by atoms with E-state index in [2.05, 4.69) is 9.97 Å². The molecule has 58 valence electrons. The third kappa shape index (κ3) is 1.71. The normalized spacial score (nSPS) is 9.55. The Labute approximate surface area is 62.4 Å². The summed E-state index contributed by atoms with van der Waals surface area (Å²) in [5.41, 5.74) is 0.234. The second-order valence-electron chi connectivity index (χ2n) is 1.86. The van der Waals surface area contributed by atoms with E-state index >= 15 is 0 Å². The van der Waals surface area contributed by atoms with Crippen LogP contribution in [-0.4, -0.2) is 26.2 Å². The molecule has 0 aliphatic rings. The van der Waals surface area contributed by atoms with E-state index in [0.29, 0.717) is 5.69 Å². The number of carboxylic acids is 1. The predicted molar refractivity (Wildman–Crippen MR) is 34.9 cm³/mol. The van der Waals surface area contributed by atoms with Gasteiger partial charge in [-0.2, -0.15) is 0 Å². The molecule has 0 saturated carbocycles. The molecular weight excluding hydrogens is 148 g/mol. The Kier molecular flexibility index (Phi) is 2.12. The summed E-state index contributed by atoms with van der Waals surface area (Å²) in [5.74, 6) is -1.12. The van der Waals surface area contributed by atoms with E-state index in [9.17, 15) is 4.79 Å². The van der Waals surface area contributed by atoms with Crippen LogP contribution in [0.5, 0.6) is 0 Å². The molecule has 5 nitrogen and oxygen atoms in total. The minimum absolute atomic E-state index is 0.123. The molecule has 0 atom stereocenters. The van der Waals surface area contributed by atoms with Crippen molar-refractivity contribution in [2.75, 3.05) is 0 Å². The third-order valence-corrected chi connectivity index (χ3v) is 1.09. The zero-order chi connectivity index (χ0) is 8.27. The van der Waals surface area contributed by atoms with Crippen LogP contribution in [-0.2, 0) is 6.61 Å². The topological polar surface area (TPSA) is 83.3 Å². The minimum Gasteiger partial charge on any atom is -0.476 e. The molecule has 0 aliphatic heterocycles. The van der Waals surface area contributed by atoms with Crippen LogP contribution in [0.4, 0.5) is 0 Å². The Morgan fingerprint density at radius 3 is 2.55 bits per heavy atom. The highest BCUT2D eigenvalue weighted by Gasteiger charge is 2.03. The van der Waals surface area contributed by atoms with Gasteiger partial charge < -0.3 is 10.2 Å². The molecule has 11 heavy (non-hydrogen) atoms. The molecule has 0 bridgehead atoms. The van der Waals surface area contributed by atoms with Crippen molar-refractivity contribution in [1.29, 1.82) is 0 Å². The van der Waals surface area contributed by atoms with Crippen LogP contribution in [0.1, 0.15) is 16.2 Å². The molecule has 0 aromatic carbocycles. The maximum absolute atomic E-state index is 10.2. The number of hydrogen-bond acceptors (Lipinski definition) is 4. The van der Waals surface area contributed by atoms with E-state index < -0.39 is 5.97 Å². The van der Waals surface area contributed by atoms with E-state index in [4.69, 9.17) is 10.2 Å². The van der Waals surface area contributed by atoms with E-state index in [-0.39, 0.29) is 12.3 Å². The molecule has 1 aromatic heterocycles. The fourth-order valence-electron chi connectivity index (χ4n) is 0.547. The molecule has 2 N–H and O–H groups in total. The highest BCUT2D eigenvalue weighted by molar-refractivity contribution is 5.84. The summed E-state index contributed by atoms with van der Waals surface area (Å²) in [6.07, 6.45) is 2.33. The summed E-state index contributed by atoms with van der Waals surface area (Å²) in [4.78, 5) is 17.4. The van der Waals surface area contributed by atoms with Gasteiger partial charge in [0.15, 0.2) is 5.69 Å². The number of rotatable bonds is 2. The summed E-state index contributed by atoms with van der Waals surface area (Å²) in [5, 5.41) is 16.9. The number of aromatic nitrogens is 2. The van der Waals surface area contributed by atoms with Crippen LogP contribution in [0, 0.1) is 0 Å². The van der Waals surface area contributed by atoms with Crippen molar-refractivity contribution in [3.8, 4) is 0 Å². The molecule has 0 saturated heterocycles. The highest BCUT2D eigenvalue weighted by atomic mass is 16.4. The molecule has 0 aliphatic carbocycles. The third-order valence-electron chi connectivity index (χ3n) is 1.09. The molecule has 0 fully saturated rings. The lowest BCUT2D eigenvalue weighted by atomic mass is 10.4. The summed E-state index contributed by atoms with van der Waals surface area (Å²) >= 11 is 0. The number of aromatic carboxylic acids is 1. The largest absolute Gasteiger partial charge is 0.476 e. The van der Waals surface area contributed by atoms with Crippen LogP contribution >= 0.6 is 0 Å². The number of aliphatic hydroxyl groups is 1. The molecule has 0 radical (unpaired) electrons. The molecular formula is C6H6N2O3. The van der Waals surface area contributed by atoms with E-state index in [1.54, 1.807) is 0 Å². The monoisotopic (exact) mass is 154 g/mol. The van der Waals surface area contributed by atoms with Gasteiger partial charge in [0.05, 0.1) is 24.7 Å². The average molecular weight is 154 g/mol. The Morgan fingerprint density at radius 1 is 1.45 bits per heavy atom. The Hall–Kier alpha value is -1.49. The lowest BCUT2D eigenvalue weighted by molar-refractivity contribution is 0.0689. The van der Waals surface area contributed by atoms with Crippen molar-refractivity contribution in [3.05, 3.63) is 23.8 Å². The van der Waals surface area contributed by atoms with Gasteiger partial charge >= 0.3 is 5.97 Å². The van der Waals surface area contributed by atoms with Crippen molar-refractivity contribution in [2.24, 2.45) is 0 Å². The van der Waals surface area contributed by atoms with Crippen LogP contribution in [0.15, 0.2) is 12.4 Å². The minimum atomic E-state index is -1.12. The van der Waals surface area contributed by atoms with Crippen molar-refractivity contribution in [3.63, 3.8) is 0 Å². The Bertz CT molecular complexity index is 257. The number of nitrogens with zero attached hydrogens (tertiary/aromatic N) is 2. The lowest BCUT2D eigenvalue weighted by Crippen LogP contribution is -2.02. The van der Waals surface area contributed by atoms with Crippen LogP contribution < -0.4 is 0 Å². The van der Waals surface area contributed by atoms with E-state index in [1.165, 1.54) is 6.20 Å². The van der Waals surface area contributed by atoms with Gasteiger partial charge in [-0.3, -0.25) is 4.98 Å². The first-order valence-corrected chi connectivity index (χ1v) is 2.89. The Balaban J connectivity index is 2.91. The number of carbonyl (C=O) groups is 1.